The van der Waals surface area contributed by atoms with Gasteiger partial charge in [0.05, 0.1) is 43.4 Å². The van der Waals surface area contributed by atoms with Crippen LogP contribution < -0.4 is 47.3 Å². The Hall–Kier alpha value is -10.1. The van der Waals surface area contributed by atoms with Crippen LogP contribution in [-0.4, -0.2) is 172 Å². The summed E-state index contributed by atoms with van der Waals surface area (Å²) in [4.78, 5) is 181. The number of nitrogens with zero attached hydrogens (tertiary/aromatic N) is 2. The highest BCUT2D eigenvalue weighted by Gasteiger charge is 2.48. The van der Waals surface area contributed by atoms with Gasteiger partial charge in [-0.1, -0.05) is 60.7 Å². The third-order valence-electron chi connectivity index (χ3n) is 19.0. The molecule has 1 aromatic heterocycles. The number of hydrogen-bond acceptors (Lipinski definition) is 15. The van der Waals surface area contributed by atoms with E-state index in [1.165, 1.54) is 44.2 Å². The standard InChI is InChI=1S/C77H100FN11O15/c1-45-68(95)87-61(44-83-74(101)104-76(6,7)8)70(97)85-59-36-50-14-12-15-51(34-50)42-82-65(92)27-26-62(88(10)71(98)52(38-63(59)90)37-53-43-80-58-25-22-54(78)39-57(53)58)64(91)40-56(46(2)103-75(3,4)5)69(96)86-60(35-48-20-23-55(102-11)24-21-48)72(99)89-33-13-31-77(89,9)73(100)79-32-30-47-16-18-49(19-17-47)41-81-66(93)28-29-67(94)84-45/h12,14-25,34,39,43,45-46,52,56,59-62,80H,13,26-33,35-38,40-42,44H2,1-11H3,(H,79,100)(H,81,93)(H,82,92)(H,83,101)(H,84,94)(H,85,97)(H,86,96)(H,87,95)/t45-,46+,52+,56-,59-,60-,61+,62-,77-/m0/s1. The van der Waals surface area contributed by atoms with Gasteiger partial charge in [0.15, 0.2) is 11.6 Å². The quantitative estimate of drug-likeness (QED) is 0.0815. The van der Waals surface area contributed by atoms with E-state index in [1.807, 2.05) is 24.3 Å². The van der Waals surface area contributed by atoms with Crippen molar-refractivity contribution in [1.29, 1.82) is 0 Å². The van der Waals surface area contributed by atoms with Crippen molar-refractivity contribution >= 4 is 81.7 Å². The maximum atomic E-state index is 15.8. The van der Waals surface area contributed by atoms with Crippen LogP contribution >= 0.6 is 0 Å². The molecule has 1 fully saturated rings. The van der Waals surface area contributed by atoms with Crippen LogP contribution in [0.25, 0.3) is 10.9 Å². The summed E-state index contributed by atoms with van der Waals surface area (Å²) in [5, 5.41) is 22.5. The van der Waals surface area contributed by atoms with E-state index < -0.39 is 161 Å². The Balaban J connectivity index is 1.21. The Morgan fingerprint density at radius 3 is 2.03 bits per heavy atom. The maximum absolute atomic E-state index is 15.8. The summed E-state index contributed by atoms with van der Waals surface area (Å²) in [7, 11) is 2.86. The lowest BCUT2D eigenvalue weighted by molar-refractivity contribution is -0.149. The number of amides is 10. The maximum Gasteiger partial charge on any atom is 0.407 e. The molecule has 9 atom stereocenters. The Bertz CT molecular complexity index is 3960. The van der Waals surface area contributed by atoms with E-state index in [4.69, 9.17) is 14.2 Å². The summed E-state index contributed by atoms with van der Waals surface area (Å²) in [6.07, 6.45) is -2.29. The Labute approximate surface area is 605 Å². The molecule has 4 aliphatic rings. The minimum Gasteiger partial charge on any atom is -0.497 e. The molecular weight excluding hydrogens is 1340 g/mol. The highest BCUT2D eigenvalue weighted by Crippen LogP contribution is 2.33. The second-order valence-corrected chi connectivity index (χ2v) is 29.5. The van der Waals surface area contributed by atoms with Gasteiger partial charge in [-0.05, 0) is 165 Å². The molecule has 4 aliphatic heterocycles. The molecule has 0 radical (unpaired) electrons. The van der Waals surface area contributed by atoms with Crippen LogP contribution in [0.2, 0.25) is 0 Å². The number of ketones is 2. The van der Waals surface area contributed by atoms with Gasteiger partial charge in [-0.15, -0.1) is 0 Å². The van der Waals surface area contributed by atoms with Crippen molar-refractivity contribution in [3.05, 3.63) is 136 Å². The van der Waals surface area contributed by atoms with E-state index in [2.05, 4.69) is 47.5 Å². The van der Waals surface area contributed by atoms with E-state index >= 15 is 28.4 Å². The van der Waals surface area contributed by atoms with Crippen molar-refractivity contribution in [2.24, 2.45) is 11.8 Å². The molecule has 0 spiro atoms. The van der Waals surface area contributed by atoms with Gasteiger partial charge in [-0.3, -0.25) is 52.7 Å². The first-order valence-electron chi connectivity index (χ1n) is 35.5. The molecule has 560 valence electrons. The van der Waals surface area contributed by atoms with Crippen molar-refractivity contribution in [3.8, 4) is 5.75 Å². The number of aromatic nitrogens is 1. The Morgan fingerprint density at radius 1 is 0.673 bits per heavy atom. The first-order valence-corrected chi connectivity index (χ1v) is 35.5. The Kier molecular flexibility index (Phi) is 27.1. The largest absolute Gasteiger partial charge is 0.497 e. The predicted octanol–water partition coefficient (Wildman–Crippen LogP) is 5.57. The highest BCUT2D eigenvalue weighted by atomic mass is 19.1. The summed E-state index contributed by atoms with van der Waals surface area (Å²) >= 11 is 0. The summed E-state index contributed by atoms with van der Waals surface area (Å²) in [5.41, 5.74) is 0.914. The normalized spacial score (nSPS) is 23.8. The van der Waals surface area contributed by atoms with Crippen molar-refractivity contribution in [1.82, 2.24) is 57.3 Å². The number of ether oxygens (including phenoxy) is 3. The average molecular weight is 1440 g/mol. The molecule has 1 saturated heterocycles. The Morgan fingerprint density at radius 2 is 1.34 bits per heavy atom. The number of Topliss-reactive ketones (excluding diaryl/α,β-unsaturated/α-hetero) is 2. The molecular formula is C77H100FN11O15. The number of rotatable bonds is 9. The molecule has 6 bridgehead atoms. The van der Waals surface area contributed by atoms with Crippen molar-refractivity contribution in [2.75, 3.05) is 33.8 Å². The molecule has 27 heteroatoms. The van der Waals surface area contributed by atoms with Gasteiger partial charge in [-0.2, -0.15) is 0 Å². The van der Waals surface area contributed by atoms with Crippen LogP contribution in [0.4, 0.5) is 9.18 Å². The molecule has 0 aliphatic carbocycles. The number of hydrogen-bond donors (Lipinski definition) is 9. The first kappa shape index (κ1) is 79.6. The van der Waals surface area contributed by atoms with Gasteiger partial charge in [0.2, 0.25) is 53.2 Å². The first-order chi connectivity index (χ1) is 49.1. The van der Waals surface area contributed by atoms with Crippen LogP contribution in [0.15, 0.2) is 97.2 Å². The van der Waals surface area contributed by atoms with Gasteiger partial charge in [-0.25, -0.2) is 9.18 Å². The van der Waals surface area contributed by atoms with Gasteiger partial charge in [0.25, 0.3) is 0 Å². The van der Waals surface area contributed by atoms with Gasteiger partial charge in [0.1, 0.15) is 40.8 Å². The lowest BCUT2D eigenvalue weighted by Crippen LogP contribution is -2.61. The van der Waals surface area contributed by atoms with Crippen LogP contribution in [0.3, 0.4) is 0 Å². The molecule has 26 nitrogen and oxygen atoms in total. The summed E-state index contributed by atoms with van der Waals surface area (Å²) in [6.45, 7) is 14.6. The molecule has 10 amide bonds. The van der Waals surface area contributed by atoms with Crippen LogP contribution in [-0.2, 0) is 101 Å². The van der Waals surface area contributed by atoms with E-state index in [0.717, 1.165) is 16.0 Å². The molecule has 9 rings (SSSR count). The number of carbonyl (C=O) groups excluding carboxylic acids is 12. The zero-order chi connectivity index (χ0) is 75.8. The number of halogens is 1. The van der Waals surface area contributed by atoms with E-state index in [0.29, 0.717) is 58.2 Å². The molecule has 4 aromatic carbocycles. The van der Waals surface area contributed by atoms with Crippen molar-refractivity contribution in [2.45, 2.75) is 206 Å². The molecule has 0 saturated carbocycles. The number of aromatic amines is 1. The van der Waals surface area contributed by atoms with Crippen molar-refractivity contribution in [3.63, 3.8) is 0 Å². The van der Waals surface area contributed by atoms with E-state index in [1.54, 1.807) is 110 Å². The van der Waals surface area contributed by atoms with Gasteiger partial charge in [0, 0.05) is 94.8 Å². The third-order valence-corrected chi connectivity index (χ3v) is 19.0. The summed E-state index contributed by atoms with van der Waals surface area (Å²) < 4.78 is 32.5. The van der Waals surface area contributed by atoms with Crippen LogP contribution in [0.5, 0.6) is 5.75 Å². The molecule has 5 aromatic rings. The van der Waals surface area contributed by atoms with Gasteiger partial charge < -0.3 is 71.5 Å². The van der Waals surface area contributed by atoms with Crippen molar-refractivity contribution < 1.29 is 76.1 Å². The monoisotopic (exact) mass is 1440 g/mol. The number of methoxy groups -OCH3 is 1. The smallest absolute Gasteiger partial charge is 0.407 e. The van der Waals surface area contributed by atoms with Gasteiger partial charge >= 0.3 is 6.09 Å². The predicted molar refractivity (Wildman–Crippen MR) is 384 cm³/mol. The number of likely N-dealkylation sites (N-methyl/N-ethyl adjacent to an activating group) is 1. The highest BCUT2D eigenvalue weighted by molar-refractivity contribution is 6.00. The number of nitrogens with one attached hydrogen (secondary N) is 9. The lowest BCUT2D eigenvalue weighted by atomic mass is 9.87. The zero-order valence-electron chi connectivity index (χ0n) is 61.3. The number of H-pyrrole nitrogens is 1. The SMILES string of the molecule is COc1ccc(C[C@@H]2NC(=O)[C@H]([C@@H](C)OC(C)(C)C)CC(=O)[C@@H]3CCC(=O)NCc4cccc(c4)C[C@H](NC(=O)[C@@H](CNC(=O)OC(C)(C)C)NC(=O)[C@H](C)NC(=O)CCC(=O)NCc4ccc(cc4)CCNC(=O)[C@]4(C)CCCN4C2=O)C(=O)C[C@@H](Cc2c[nH]c4ccc(F)cc24)C(=O)N3C)cc1. The fourth-order valence-electron chi connectivity index (χ4n) is 13.3. The second-order valence-electron chi connectivity index (χ2n) is 29.5. The fraction of sp³-hybridized carbons (Fsp3) is 0.506. The minimum atomic E-state index is -1.66. The fourth-order valence-corrected chi connectivity index (χ4v) is 13.3. The lowest BCUT2D eigenvalue weighted by Gasteiger charge is -2.37. The number of benzene rings is 4. The number of alkyl carbamates (subject to hydrolysis) is 1. The minimum absolute atomic E-state index is 0.0408. The van der Waals surface area contributed by atoms with E-state index in [-0.39, 0.29) is 71.1 Å². The molecule has 5 heterocycles. The molecule has 9 N–H and O–H groups in total. The summed E-state index contributed by atoms with van der Waals surface area (Å²) in [5.74, 6) is -10.3. The zero-order valence-corrected chi connectivity index (χ0v) is 61.3. The van der Waals surface area contributed by atoms with Crippen LogP contribution in [0.1, 0.15) is 147 Å². The van der Waals surface area contributed by atoms with E-state index in [9.17, 15) is 33.6 Å². The number of carbonyl (C=O) groups is 12. The summed E-state index contributed by atoms with van der Waals surface area (Å²) in [6, 6.07) is 17.8. The molecule has 104 heavy (non-hydrogen) atoms. The third kappa shape index (κ3) is 22.5. The second kappa shape index (κ2) is 35.4. The molecule has 0 unspecified atom stereocenters. The topological polar surface area (TPSA) is 351 Å². The average Bonchev–Trinajstić information content (AvgIpc) is 1.58. The number of fused-ring (bicyclic) bond motifs is 26. The van der Waals surface area contributed by atoms with Crippen LogP contribution in [0, 0.1) is 17.7 Å².